The minimum absolute atomic E-state index is 0.817. The summed E-state index contributed by atoms with van der Waals surface area (Å²) in [6, 6.07) is 0.817. The van der Waals surface area contributed by atoms with E-state index in [0.717, 1.165) is 17.9 Å². The summed E-state index contributed by atoms with van der Waals surface area (Å²) in [4.78, 5) is 0. The molecule has 0 radical (unpaired) electrons. The van der Waals surface area contributed by atoms with Crippen molar-refractivity contribution in [3.63, 3.8) is 0 Å². The average Bonchev–Trinajstić information content (AvgIpc) is 2.42. The van der Waals surface area contributed by atoms with Crippen LogP contribution < -0.4 is 10.6 Å². The lowest BCUT2D eigenvalue weighted by Crippen LogP contribution is -2.24. The summed E-state index contributed by atoms with van der Waals surface area (Å²) in [7, 11) is 2.08. The van der Waals surface area contributed by atoms with Crippen molar-refractivity contribution in [3.05, 3.63) is 0 Å². The molecule has 0 bridgehead atoms. The standard InChI is InChI=1S/C8H16N2/c1-9-8-2-6-4-10-5-7(6)3-8/h6-10H,2-5H2,1H3. The first-order chi connectivity index (χ1) is 4.90. The van der Waals surface area contributed by atoms with E-state index < -0.39 is 0 Å². The SMILES string of the molecule is CNC1CC2CNCC2C1. The van der Waals surface area contributed by atoms with Gasteiger partial charge in [0.15, 0.2) is 0 Å². The van der Waals surface area contributed by atoms with Crippen LogP contribution in [0.3, 0.4) is 0 Å². The van der Waals surface area contributed by atoms with Crippen molar-refractivity contribution in [3.8, 4) is 0 Å². The van der Waals surface area contributed by atoms with Crippen molar-refractivity contribution in [2.24, 2.45) is 11.8 Å². The first-order valence-electron chi connectivity index (χ1n) is 4.28. The Labute approximate surface area is 62.4 Å². The molecule has 1 saturated carbocycles. The molecule has 2 fully saturated rings. The lowest BCUT2D eigenvalue weighted by Gasteiger charge is -2.08. The van der Waals surface area contributed by atoms with Gasteiger partial charge in [-0.2, -0.15) is 0 Å². The Kier molecular flexibility index (Phi) is 1.66. The highest BCUT2D eigenvalue weighted by atomic mass is 15.0. The van der Waals surface area contributed by atoms with Gasteiger partial charge in [0.05, 0.1) is 0 Å². The van der Waals surface area contributed by atoms with E-state index in [9.17, 15) is 0 Å². The van der Waals surface area contributed by atoms with Crippen LogP contribution >= 0.6 is 0 Å². The molecule has 1 saturated heterocycles. The Bertz CT molecular complexity index is 112. The molecule has 2 rings (SSSR count). The van der Waals surface area contributed by atoms with Crippen molar-refractivity contribution in [1.82, 2.24) is 10.6 Å². The molecule has 0 spiro atoms. The number of fused-ring (bicyclic) bond motifs is 1. The second-order valence-electron chi connectivity index (χ2n) is 3.64. The monoisotopic (exact) mass is 140 g/mol. The summed E-state index contributed by atoms with van der Waals surface area (Å²) in [5, 5.41) is 6.81. The maximum absolute atomic E-state index is 3.44. The predicted octanol–water partition coefficient (Wildman–Crippen LogP) is 0.204. The summed E-state index contributed by atoms with van der Waals surface area (Å²) in [6.45, 7) is 2.53. The van der Waals surface area contributed by atoms with Crippen LogP contribution in [0.15, 0.2) is 0 Å². The van der Waals surface area contributed by atoms with Crippen LogP contribution in [0.5, 0.6) is 0 Å². The molecule has 0 amide bonds. The van der Waals surface area contributed by atoms with Gasteiger partial charge in [-0.1, -0.05) is 0 Å². The fraction of sp³-hybridized carbons (Fsp3) is 1.00. The van der Waals surface area contributed by atoms with Crippen LogP contribution in [0.1, 0.15) is 12.8 Å². The Balaban J connectivity index is 1.94. The fourth-order valence-corrected chi connectivity index (χ4v) is 2.40. The largest absolute Gasteiger partial charge is 0.317 e. The van der Waals surface area contributed by atoms with Gasteiger partial charge in [-0.05, 0) is 44.8 Å². The molecule has 2 heteroatoms. The molecule has 1 aliphatic carbocycles. The van der Waals surface area contributed by atoms with Crippen LogP contribution in [0.25, 0.3) is 0 Å². The van der Waals surface area contributed by atoms with Crippen LogP contribution in [-0.4, -0.2) is 26.2 Å². The van der Waals surface area contributed by atoms with Crippen LogP contribution in [0.4, 0.5) is 0 Å². The minimum Gasteiger partial charge on any atom is -0.317 e. The van der Waals surface area contributed by atoms with Crippen molar-refractivity contribution in [2.75, 3.05) is 20.1 Å². The normalized spacial score (nSPS) is 45.9. The smallest absolute Gasteiger partial charge is 0.00705 e. The molecule has 2 N–H and O–H groups in total. The molecule has 10 heavy (non-hydrogen) atoms. The number of rotatable bonds is 1. The van der Waals surface area contributed by atoms with E-state index in [1.165, 1.54) is 25.9 Å². The van der Waals surface area contributed by atoms with Gasteiger partial charge in [0.25, 0.3) is 0 Å². The zero-order chi connectivity index (χ0) is 6.97. The van der Waals surface area contributed by atoms with Gasteiger partial charge in [0.2, 0.25) is 0 Å². The molecule has 2 aliphatic rings. The Morgan fingerprint density at radius 3 is 2.30 bits per heavy atom. The Hall–Kier alpha value is -0.0800. The molecule has 0 aromatic heterocycles. The highest BCUT2D eigenvalue weighted by Gasteiger charge is 2.36. The molecule has 2 nitrogen and oxygen atoms in total. The van der Waals surface area contributed by atoms with Crippen LogP contribution in [0.2, 0.25) is 0 Å². The van der Waals surface area contributed by atoms with Crippen LogP contribution in [-0.2, 0) is 0 Å². The molecule has 58 valence electrons. The molecule has 0 aromatic rings. The van der Waals surface area contributed by atoms with Gasteiger partial charge in [-0.25, -0.2) is 0 Å². The topological polar surface area (TPSA) is 24.1 Å². The van der Waals surface area contributed by atoms with Gasteiger partial charge in [0.1, 0.15) is 0 Å². The van der Waals surface area contributed by atoms with E-state index in [1.807, 2.05) is 0 Å². The molecular weight excluding hydrogens is 124 g/mol. The highest BCUT2D eigenvalue weighted by molar-refractivity contribution is 4.92. The zero-order valence-corrected chi connectivity index (χ0v) is 6.56. The summed E-state index contributed by atoms with van der Waals surface area (Å²) < 4.78 is 0. The second-order valence-corrected chi connectivity index (χ2v) is 3.64. The zero-order valence-electron chi connectivity index (χ0n) is 6.56. The lowest BCUT2D eigenvalue weighted by molar-refractivity contribution is 0.494. The predicted molar refractivity (Wildman–Crippen MR) is 41.9 cm³/mol. The molecule has 1 aliphatic heterocycles. The summed E-state index contributed by atoms with van der Waals surface area (Å²) >= 11 is 0. The van der Waals surface area contributed by atoms with Gasteiger partial charge in [-0.3, -0.25) is 0 Å². The van der Waals surface area contributed by atoms with Gasteiger partial charge >= 0.3 is 0 Å². The fourth-order valence-electron chi connectivity index (χ4n) is 2.40. The van der Waals surface area contributed by atoms with Gasteiger partial charge in [-0.15, -0.1) is 0 Å². The van der Waals surface area contributed by atoms with E-state index in [1.54, 1.807) is 0 Å². The van der Waals surface area contributed by atoms with E-state index in [-0.39, 0.29) is 0 Å². The third-order valence-corrected chi connectivity index (χ3v) is 3.06. The minimum atomic E-state index is 0.817. The third-order valence-electron chi connectivity index (χ3n) is 3.06. The average molecular weight is 140 g/mol. The maximum Gasteiger partial charge on any atom is 0.00705 e. The van der Waals surface area contributed by atoms with E-state index in [2.05, 4.69) is 17.7 Å². The summed E-state index contributed by atoms with van der Waals surface area (Å²) in [5.41, 5.74) is 0. The number of hydrogen-bond donors (Lipinski definition) is 2. The van der Waals surface area contributed by atoms with Crippen molar-refractivity contribution >= 4 is 0 Å². The lowest BCUT2D eigenvalue weighted by atomic mass is 10.0. The van der Waals surface area contributed by atoms with E-state index in [0.29, 0.717) is 0 Å². The van der Waals surface area contributed by atoms with Crippen molar-refractivity contribution in [2.45, 2.75) is 18.9 Å². The highest BCUT2D eigenvalue weighted by Crippen LogP contribution is 2.33. The van der Waals surface area contributed by atoms with Crippen LogP contribution in [0, 0.1) is 11.8 Å². The number of hydrogen-bond acceptors (Lipinski definition) is 2. The van der Waals surface area contributed by atoms with Crippen molar-refractivity contribution in [1.29, 1.82) is 0 Å². The first-order valence-corrected chi connectivity index (χ1v) is 4.28. The van der Waals surface area contributed by atoms with E-state index >= 15 is 0 Å². The third kappa shape index (κ3) is 0.956. The molecule has 2 atom stereocenters. The molecule has 1 heterocycles. The molecule has 0 aromatic carbocycles. The molecular formula is C8H16N2. The Morgan fingerprint density at radius 2 is 1.80 bits per heavy atom. The van der Waals surface area contributed by atoms with Gasteiger partial charge < -0.3 is 10.6 Å². The molecule has 2 unspecified atom stereocenters. The van der Waals surface area contributed by atoms with Crippen molar-refractivity contribution < 1.29 is 0 Å². The maximum atomic E-state index is 3.44. The summed E-state index contributed by atoms with van der Waals surface area (Å²) in [6.07, 6.45) is 2.79. The van der Waals surface area contributed by atoms with E-state index in [4.69, 9.17) is 0 Å². The number of nitrogens with one attached hydrogen (secondary N) is 2. The second kappa shape index (κ2) is 2.51. The first kappa shape index (κ1) is 6.62. The quantitative estimate of drug-likeness (QED) is 0.544. The Morgan fingerprint density at radius 1 is 1.20 bits per heavy atom. The summed E-state index contributed by atoms with van der Waals surface area (Å²) in [5.74, 6) is 1.97. The van der Waals surface area contributed by atoms with Gasteiger partial charge in [0, 0.05) is 6.04 Å².